The van der Waals surface area contributed by atoms with Crippen molar-refractivity contribution in [3.8, 4) is 23.0 Å². The lowest BCUT2D eigenvalue weighted by Crippen LogP contribution is -2.37. The minimum atomic E-state index is 0.0219. The Balaban J connectivity index is 1.76. The summed E-state index contributed by atoms with van der Waals surface area (Å²) in [7, 11) is 0. The van der Waals surface area contributed by atoms with Crippen molar-refractivity contribution < 1.29 is 19.7 Å². The number of aromatic hydroxyl groups is 2. The standard InChI is InChI=1S/C29H33N3O4/c1-5-13-35-21-8-11-24(28(33)16-21)26-18-25(23-10-7-19(3)15-20(23)4)30-32(31-26)27-12-9-22(17-29(27)34)36-14-6-2/h7-12,15-18,30,33-34H,5-6,13-14H2,1-4H3. The van der Waals surface area contributed by atoms with Crippen LogP contribution in [0.25, 0.3) is 5.70 Å². The summed E-state index contributed by atoms with van der Waals surface area (Å²) in [5.41, 5.74) is 8.88. The second-order valence-corrected chi connectivity index (χ2v) is 8.81. The van der Waals surface area contributed by atoms with Crippen LogP contribution in [0.3, 0.4) is 0 Å². The molecule has 3 aromatic rings. The van der Waals surface area contributed by atoms with Crippen molar-refractivity contribution in [1.82, 2.24) is 5.43 Å². The van der Waals surface area contributed by atoms with E-state index in [1.54, 1.807) is 30.3 Å². The topological polar surface area (TPSA) is 86.6 Å². The van der Waals surface area contributed by atoms with Crippen LogP contribution in [-0.4, -0.2) is 29.1 Å². The quantitative estimate of drug-likeness (QED) is 0.340. The number of hydrazone groups is 1. The molecule has 3 N–H and O–H groups in total. The Labute approximate surface area is 212 Å². The molecule has 1 aliphatic heterocycles. The zero-order valence-electron chi connectivity index (χ0n) is 21.2. The number of nitrogens with zero attached hydrogens (tertiary/aromatic N) is 2. The molecule has 0 bridgehead atoms. The predicted molar refractivity (Wildman–Crippen MR) is 144 cm³/mol. The zero-order chi connectivity index (χ0) is 25.7. The molecule has 7 heteroatoms. The van der Waals surface area contributed by atoms with Gasteiger partial charge in [0.1, 0.15) is 28.7 Å². The van der Waals surface area contributed by atoms with Crippen LogP contribution in [0.4, 0.5) is 5.69 Å². The maximum Gasteiger partial charge on any atom is 0.146 e. The summed E-state index contributed by atoms with van der Waals surface area (Å²) >= 11 is 0. The average Bonchev–Trinajstić information content (AvgIpc) is 2.86. The monoisotopic (exact) mass is 487 g/mol. The molecule has 0 amide bonds. The normalized spacial score (nSPS) is 13.1. The minimum Gasteiger partial charge on any atom is -0.507 e. The molecular formula is C29H33N3O4. The number of benzene rings is 3. The maximum atomic E-state index is 10.8. The maximum absolute atomic E-state index is 10.8. The zero-order valence-corrected chi connectivity index (χ0v) is 21.2. The van der Waals surface area contributed by atoms with Gasteiger partial charge in [-0.2, -0.15) is 10.2 Å². The summed E-state index contributed by atoms with van der Waals surface area (Å²) in [5.74, 6) is 1.27. The lowest BCUT2D eigenvalue weighted by atomic mass is 10.00. The van der Waals surface area contributed by atoms with Gasteiger partial charge in [-0.05, 0) is 62.6 Å². The van der Waals surface area contributed by atoms with E-state index in [2.05, 4.69) is 31.4 Å². The van der Waals surface area contributed by atoms with E-state index in [1.807, 2.05) is 32.1 Å². The van der Waals surface area contributed by atoms with Crippen LogP contribution in [0.5, 0.6) is 23.0 Å². The third kappa shape index (κ3) is 5.57. The van der Waals surface area contributed by atoms with Crippen LogP contribution >= 0.6 is 0 Å². The molecule has 7 nitrogen and oxygen atoms in total. The number of anilines is 1. The number of aryl methyl sites for hydroxylation is 2. The Morgan fingerprint density at radius 2 is 1.44 bits per heavy atom. The molecule has 0 spiro atoms. The highest BCUT2D eigenvalue weighted by atomic mass is 16.5. The number of allylic oxidation sites excluding steroid dienone is 1. The van der Waals surface area contributed by atoms with Crippen LogP contribution in [0, 0.1) is 13.8 Å². The Hall–Kier alpha value is -4.13. The van der Waals surface area contributed by atoms with Crippen LogP contribution in [0.1, 0.15) is 48.9 Å². The van der Waals surface area contributed by atoms with Crippen molar-refractivity contribution in [3.05, 3.63) is 82.9 Å². The predicted octanol–water partition coefficient (Wildman–Crippen LogP) is 6.06. The highest BCUT2D eigenvalue weighted by Crippen LogP contribution is 2.35. The molecule has 188 valence electrons. The first-order valence-electron chi connectivity index (χ1n) is 12.3. The fourth-order valence-electron chi connectivity index (χ4n) is 3.97. The van der Waals surface area contributed by atoms with E-state index in [1.165, 1.54) is 10.7 Å². The third-order valence-electron chi connectivity index (χ3n) is 5.75. The molecular weight excluding hydrogens is 454 g/mol. The lowest BCUT2D eigenvalue weighted by Gasteiger charge is -2.29. The highest BCUT2D eigenvalue weighted by molar-refractivity contribution is 6.15. The van der Waals surface area contributed by atoms with Gasteiger partial charge in [0.25, 0.3) is 0 Å². The van der Waals surface area contributed by atoms with Crippen LogP contribution < -0.4 is 20.0 Å². The molecule has 1 aliphatic rings. The van der Waals surface area contributed by atoms with Crippen LogP contribution in [-0.2, 0) is 0 Å². The number of nitrogens with one attached hydrogen (secondary N) is 1. The molecule has 36 heavy (non-hydrogen) atoms. The van der Waals surface area contributed by atoms with Crippen molar-refractivity contribution in [2.75, 3.05) is 18.3 Å². The Bertz CT molecular complexity index is 1300. The molecule has 0 saturated heterocycles. The van der Waals surface area contributed by atoms with Gasteiger partial charge in [0.15, 0.2) is 0 Å². The first kappa shape index (κ1) is 25.0. The number of ether oxygens (including phenoxy) is 2. The molecule has 3 aromatic carbocycles. The van der Waals surface area contributed by atoms with Crippen molar-refractivity contribution >= 4 is 17.1 Å². The summed E-state index contributed by atoms with van der Waals surface area (Å²) in [6.45, 7) is 9.31. The van der Waals surface area contributed by atoms with Crippen molar-refractivity contribution in [2.45, 2.75) is 40.5 Å². The Kier molecular flexibility index (Phi) is 7.68. The molecule has 0 unspecified atom stereocenters. The van der Waals surface area contributed by atoms with Gasteiger partial charge >= 0.3 is 0 Å². The Morgan fingerprint density at radius 1 is 0.806 bits per heavy atom. The molecule has 0 fully saturated rings. The second kappa shape index (κ2) is 11.1. The van der Waals surface area contributed by atoms with Crippen molar-refractivity contribution in [1.29, 1.82) is 0 Å². The fourth-order valence-corrected chi connectivity index (χ4v) is 3.97. The second-order valence-electron chi connectivity index (χ2n) is 8.81. The SMILES string of the molecule is CCCOc1ccc(C2=NN(c3ccc(OCCC)cc3O)NC(c3ccc(C)cc3C)=C2)c(O)c1. The molecule has 0 aromatic heterocycles. The molecule has 0 atom stereocenters. The number of hydrogen-bond acceptors (Lipinski definition) is 7. The molecule has 4 rings (SSSR count). The molecule has 1 heterocycles. The van der Waals surface area contributed by atoms with Crippen LogP contribution in [0.2, 0.25) is 0 Å². The summed E-state index contributed by atoms with van der Waals surface area (Å²) in [6.07, 6.45) is 3.65. The smallest absolute Gasteiger partial charge is 0.146 e. The first-order chi connectivity index (χ1) is 17.4. The fraction of sp³-hybridized carbons (Fsp3) is 0.276. The summed E-state index contributed by atoms with van der Waals surface area (Å²) < 4.78 is 11.3. The van der Waals surface area contributed by atoms with Gasteiger partial charge in [-0.1, -0.05) is 37.6 Å². The van der Waals surface area contributed by atoms with E-state index in [9.17, 15) is 10.2 Å². The van der Waals surface area contributed by atoms with Crippen LogP contribution in [0.15, 0.2) is 65.8 Å². The average molecular weight is 488 g/mol. The number of hydrogen-bond donors (Lipinski definition) is 3. The Morgan fingerprint density at radius 3 is 2.06 bits per heavy atom. The minimum absolute atomic E-state index is 0.0219. The van der Waals surface area contributed by atoms with E-state index >= 15 is 0 Å². The summed E-state index contributed by atoms with van der Waals surface area (Å²) in [5, 5.41) is 27.9. The third-order valence-corrected chi connectivity index (χ3v) is 5.75. The van der Waals surface area contributed by atoms with Gasteiger partial charge in [0.2, 0.25) is 0 Å². The van der Waals surface area contributed by atoms with E-state index in [-0.39, 0.29) is 11.5 Å². The number of rotatable bonds is 9. The molecule has 0 radical (unpaired) electrons. The van der Waals surface area contributed by atoms with Gasteiger partial charge < -0.3 is 19.7 Å². The van der Waals surface area contributed by atoms with Crippen molar-refractivity contribution in [2.24, 2.45) is 5.10 Å². The van der Waals surface area contributed by atoms with E-state index in [4.69, 9.17) is 14.6 Å². The largest absolute Gasteiger partial charge is 0.507 e. The summed E-state index contributed by atoms with van der Waals surface area (Å²) in [6, 6.07) is 16.6. The summed E-state index contributed by atoms with van der Waals surface area (Å²) in [4.78, 5) is 0. The number of phenolic OH excluding ortho intramolecular Hbond substituents is 2. The first-order valence-corrected chi connectivity index (χ1v) is 12.3. The molecule has 0 aliphatic carbocycles. The molecule has 0 saturated carbocycles. The number of hydrazine groups is 1. The van der Waals surface area contributed by atoms with Gasteiger partial charge in [0.05, 0.1) is 24.6 Å². The van der Waals surface area contributed by atoms with Gasteiger partial charge in [-0.25, -0.2) is 0 Å². The highest BCUT2D eigenvalue weighted by Gasteiger charge is 2.22. The van der Waals surface area contributed by atoms with Gasteiger partial charge in [0, 0.05) is 23.3 Å². The van der Waals surface area contributed by atoms with Crippen molar-refractivity contribution in [3.63, 3.8) is 0 Å². The van der Waals surface area contributed by atoms with Gasteiger partial charge in [-0.3, -0.25) is 5.43 Å². The van der Waals surface area contributed by atoms with Gasteiger partial charge in [-0.15, -0.1) is 0 Å². The van der Waals surface area contributed by atoms with E-state index in [0.29, 0.717) is 41.7 Å². The van der Waals surface area contributed by atoms with E-state index < -0.39 is 0 Å². The number of phenols is 2. The lowest BCUT2D eigenvalue weighted by molar-refractivity contribution is 0.315. The van der Waals surface area contributed by atoms with E-state index in [0.717, 1.165) is 29.7 Å².